The summed E-state index contributed by atoms with van der Waals surface area (Å²) in [4.78, 5) is 18.6. The van der Waals surface area contributed by atoms with Crippen LogP contribution in [0.15, 0.2) is 108 Å². The molecule has 0 aliphatic carbocycles. The molecule has 220 valence electrons. The number of ketones is 1. The predicted octanol–water partition coefficient (Wildman–Crippen LogP) is 7.27. The average molecular weight is 614 g/mol. The molecule has 5 aromatic rings. The molecule has 0 aliphatic heterocycles. The van der Waals surface area contributed by atoms with Gasteiger partial charge in [0.25, 0.3) is 0 Å². The maximum Gasteiger partial charge on any atom is 0.175 e. The molecule has 0 radical (unpaired) electrons. The van der Waals surface area contributed by atoms with Crippen LogP contribution in [0.3, 0.4) is 0 Å². The van der Waals surface area contributed by atoms with E-state index in [0.717, 1.165) is 39.4 Å². The predicted molar refractivity (Wildman–Crippen MR) is 171 cm³/mol. The molecule has 0 aliphatic rings. The number of halogens is 1. The number of fused-ring (bicyclic) bond motifs is 1. The van der Waals surface area contributed by atoms with E-state index in [9.17, 15) is 21.8 Å². The molecule has 1 aromatic heterocycles. The van der Waals surface area contributed by atoms with Gasteiger partial charge in [0.15, 0.2) is 15.6 Å². The van der Waals surface area contributed by atoms with E-state index in [0.29, 0.717) is 17.5 Å². The minimum atomic E-state index is -3.41. The SMILES string of the molecule is CS(=O)C(C)(C)c1cc(-c2cccc(CC(C(=O)c3ccc(F)cc3)c3ccc(S(C)(=O)=O)cc3)c2)c2ncccc2c1. The molecule has 0 amide bonds. The Morgan fingerprint density at radius 2 is 1.63 bits per heavy atom. The van der Waals surface area contributed by atoms with E-state index in [1.54, 1.807) is 24.6 Å². The largest absolute Gasteiger partial charge is 0.293 e. The number of rotatable bonds is 9. The topological polar surface area (TPSA) is 81.2 Å². The number of sulfone groups is 1. The summed E-state index contributed by atoms with van der Waals surface area (Å²) in [5, 5.41) is 0.939. The van der Waals surface area contributed by atoms with Gasteiger partial charge < -0.3 is 0 Å². The van der Waals surface area contributed by atoms with Gasteiger partial charge in [-0.3, -0.25) is 14.0 Å². The highest BCUT2D eigenvalue weighted by Gasteiger charge is 2.27. The third-order valence-electron chi connectivity index (χ3n) is 7.95. The Hall–Kier alpha value is -4.01. The standard InChI is InChI=1S/C35H32FNO4S2/c1-35(2,42(3)39)28-21-27-9-6-18-37-33(27)31(22-28)26-8-5-7-23(19-26)20-32(34(38)25-10-14-29(36)15-11-25)24-12-16-30(17-13-24)43(4,40)41/h5-19,21-22,32H,20H2,1-4H3. The lowest BCUT2D eigenvalue weighted by Gasteiger charge is -2.24. The number of Topliss-reactive ketones (excluding diaryl/α,β-unsaturated/α-hetero) is 1. The smallest absolute Gasteiger partial charge is 0.175 e. The summed E-state index contributed by atoms with van der Waals surface area (Å²) in [5.74, 6) is -1.27. The van der Waals surface area contributed by atoms with Gasteiger partial charge in [-0.2, -0.15) is 0 Å². The lowest BCUT2D eigenvalue weighted by molar-refractivity contribution is 0.0958. The average Bonchev–Trinajstić information content (AvgIpc) is 2.99. The number of nitrogens with zero attached hydrogens (tertiary/aromatic N) is 1. The summed E-state index contributed by atoms with van der Waals surface area (Å²) in [6.07, 6.45) is 4.92. The maximum atomic E-state index is 13.8. The van der Waals surface area contributed by atoms with Crippen LogP contribution >= 0.6 is 0 Å². The Kier molecular flexibility index (Phi) is 8.45. The molecular formula is C35H32FNO4S2. The first-order valence-corrected chi connectivity index (χ1v) is 17.2. The van der Waals surface area contributed by atoms with Crippen LogP contribution in [0.5, 0.6) is 0 Å². The zero-order valence-corrected chi connectivity index (χ0v) is 26.0. The lowest BCUT2D eigenvalue weighted by Crippen LogP contribution is -2.22. The summed E-state index contributed by atoms with van der Waals surface area (Å²) < 4.78 is 49.8. The fraction of sp³-hybridized carbons (Fsp3) is 0.200. The van der Waals surface area contributed by atoms with Crippen LogP contribution in [0.4, 0.5) is 4.39 Å². The quantitative estimate of drug-likeness (QED) is 0.163. The number of aromatic nitrogens is 1. The molecule has 0 saturated heterocycles. The van der Waals surface area contributed by atoms with Crippen LogP contribution in [0.25, 0.3) is 22.0 Å². The fourth-order valence-electron chi connectivity index (χ4n) is 5.15. The van der Waals surface area contributed by atoms with Gasteiger partial charge in [0.05, 0.1) is 21.1 Å². The molecule has 2 unspecified atom stereocenters. The van der Waals surface area contributed by atoms with Crippen molar-refractivity contribution in [1.82, 2.24) is 4.98 Å². The third-order valence-corrected chi connectivity index (χ3v) is 10.8. The molecule has 0 spiro atoms. The van der Waals surface area contributed by atoms with Crippen LogP contribution in [0.1, 0.15) is 46.8 Å². The number of benzene rings is 4. The lowest BCUT2D eigenvalue weighted by atomic mass is 9.85. The normalized spacial score (nSPS) is 13.5. The summed E-state index contributed by atoms with van der Waals surface area (Å²) in [6, 6.07) is 27.6. The Balaban J connectivity index is 1.59. The highest BCUT2D eigenvalue weighted by atomic mass is 32.2. The van der Waals surface area contributed by atoms with E-state index in [4.69, 9.17) is 0 Å². The van der Waals surface area contributed by atoms with Gasteiger partial charge >= 0.3 is 0 Å². The number of carbonyl (C=O) groups excluding carboxylic acids is 1. The number of pyridine rings is 1. The van der Waals surface area contributed by atoms with E-state index in [-0.39, 0.29) is 10.7 Å². The molecule has 2 atom stereocenters. The van der Waals surface area contributed by atoms with Crippen molar-refractivity contribution in [2.75, 3.05) is 12.5 Å². The van der Waals surface area contributed by atoms with Crippen molar-refractivity contribution in [3.8, 4) is 11.1 Å². The molecule has 5 rings (SSSR count). The number of hydrogen-bond acceptors (Lipinski definition) is 5. The maximum absolute atomic E-state index is 13.8. The molecule has 1 heterocycles. The van der Waals surface area contributed by atoms with Gasteiger partial charge in [-0.1, -0.05) is 42.5 Å². The Morgan fingerprint density at radius 1 is 0.930 bits per heavy atom. The first kappa shape index (κ1) is 30.4. The molecule has 0 N–H and O–H groups in total. The molecule has 0 fully saturated rings. The van der Waals surface area contributed by atoms with Crippen molar-refractivity contribution >= 4 is 37.3 Å². The highest BCUT2D eigenvalue weighted by molar-refractivity contribution is 7.90. The zero-order valence-electron chi connectivity index (χ0n) is 24.4. The van der Waals surface area contributed by atoms with Gasteiger partial charge in [-0.05, 0) is 97.1 Å². The summed E-state index contributed by atoms with van der Waals surface area (Å²) in [5.41, 5.74) is 5.47. The first-order chi connectivity index (χ1) is 20.3. The van der Waals surface area contributed by atoms with Crippen LogP contribution in [-0.2, 0) is 31.8 Å². The van der Waals surface area contributed by atoms with Crippen LogP contribution in [0, 0.1) is 5.82 Å². The van der Waals surface area contributed by atoms with Crippen molar-refractivity contribution < 1.29 is 21.8 Å². The summed E-state index contributed by atoms with van der Waals surface area (Å²) in [6.45, 7) is 3.92. The Bertz CT molecular complexity index is 1950. The minimum Gasteiger partial charge on any atom is -0.293 e. The molecule has 0 bridgehead atoms. The Morgan fingerprint density at radius 3 is 2.28 bits per heavy atom. The van der Waals surface area contributed by atoms with Gasteiger partial charge in [-0.15, -0.1) is 0 Å². The van der Waals surface area contributed by atoms with E-state index in [1.807, 2.05) is 62.4 Å². The van der Waals surface area contributed by atoms with E-state index < -0.39 is 37.1 Å². The Labute approximate surface area is 254 Å². The molecule has 8 heteroatoms. The fourth-order valence-corrected chi connectivity index (χ4v) is 6.23. The number of carbonyl (C=O) groups is 1. The number of hydrogen-bond donors (Lipinski definition) is 0. The molecule has 4 aromatic carbocycles. The van der Waals surface area contributed by atoms with Crippen molar-refractivity contribution in [1.29, 1.82) is 0 Å². The molecule has 5 nitrogen and oxygen atoms in total. The molecule has 0 saturated carbocycles. The van der Waals surface area contributed by atoms with Crippen LogP contribution < -0.4 is 0 Å². The van der Waals surface area contributed by atoms with Crippen molar-refractivity contribution in [2.45, 2.75) is 35.8 Å². The zero-order chi connectivity index (χ0) is 30.9. The van der Waals surface area contributed by atoms with Crippen molar-refractivity contribution in [3.63, 3.8) is 0 Å². The van der Waals surface area contributed by atoms with E-state index in [1.165, 1.54) is 36.4 Å². The third kappa shape index (κ3) is 6.50. The second-order valence-corrected chi connectivity index (χ2v) is 15.2. The minimum absolute atomic E-state index is 0.168. The first-order valence-electron chi connectivity index (χ1n) is 13.8. The van der Waals surface area contributed by atoms with Crippen molar-refractivity contribution in [2.24, 2.45) is 0 Å². The summed E-state index contributed by atoms with van der Waals surface area (Å²) in [7, 11) is -4.53. The van der Waals surface area contributed by atoms with E-state index >= 15 is 0 Å². The molecular weight excluding hydrogens is 582 g/mol. The van der Waals surface area contributed by atoms with Gasteiger partial charge in [0, 0.05) is 46.0 Å². The highest BCUT2D eigenvalue weighted by Crippen LogP contribution is 2.36. The van der Waals surface area contributed by atoms with Crippen LogP contribution in [0.2, 0.25) is 0 Å². The summed E-state index contributed by atoms with van der Waals surface area (Å²) >= 11 is 0. The van der Waals surface area contributed by atoms with Crippen molar-refractivity contribution in [3.05, 3.63) is 131 Å². The second kappa shape index (κ2) is 11.9. The molecule has 43 heavy (non-hydrogen) atoms. The van der Waals surface area contributed by atoms with E-state index in [2.05, 4.69) is 4.98 Å². The van der Waals surface area contributed by atoms with Gasteiger partial charge in [0.2, 0.25) is 0 Å². The van der Waals surface area contributed by atoms with Gasteiger partial charge in [-0.25, -0.2) is 12.8 Å². The van der Waals surface area contributed by atoms with Gasteiger partial charge in [0.1, 0.15) is 5.82 Å². The monoisotopic (exact) mass is 613 g/mol. The second-order valence-electron chi connectivity index (χ2n) is 11.2. The van der Waals surface area contributed by atoms with Crippen LogP contribution in [-0.4, -0.2) is 35.9 Å².